The Kier molecular flexibility index (Phi) is 4.12. The molecule has 1 atom stereocenters. The predicted molar refractivity (Wildman–Crippen MR) is 66.4 cm³/mol. The lowest BCUT2D eigenvalue weighted by atomic mass is 10.0. The van der Waals surface area contributed by atoms with E-state index in [0.717, 1.165) is 12.1 Å². The summed E-state index contributed by atoms with van der Waals surface area (Å²) in [6.45, 7) is 0. The van der Waals surface area contributed by atoms with Gasteiger partial charge in [0.05, 0.1) is 6.10 Å². The molecule has 0 fully saturated rings. The molecular weight excluding hydrogens is 277 g/mol. The largest absolute Gasteiger partial charge is 0.388 e. The average Bonchev–Trinajstić information content (AvgIpc) is 2.34. The van der Waals surface area contributed by atoms with Gasteiger partial charge in [0.1, 0.15) is 5.82 Å². The van der Waals surface area contributed by atoms with E-state index >= 15 is 0 Å². The molecule has 0 saturated heterocycles. The zero-order chi connectivity index (χ0) is 14.0. The van der Waals surface area contributed by atoms with Gasteiger partial charge < -0.3 is 5.11 Å². The van der Waals surface area contributed by atoms with Crippen LogP contribution in [0.3, 0.4) is 0 Å². The zero-order valence-corrected chi connectivity index (χ0v) is 10.5. The Morgan fingerprint density at radius 1 is 1.05 bits per heavy atom. The summed E-state index contributed by atoms with van der Waals surface area (Å²) in [5.74, 6) is -2.71. The molecule has 19 heavy (non-hydrogen) atoms. The number of hydrogen-bond donors (Lipinski definition) is 1. The number of aliphatic hydroxyl groups excluding tert-OH is 1. The molecule has 1 unspecified atom stereocenters. The van der Waals surface area contributed by atoms with Gasteiger partial charge >= 0.3 is 0 Å². The van der Waals surface area contributed by atoms with E-state index in [4.69, 9.17) is 11.6 Å². The van der Waals surface area contributed by atoms with Crippen LogP contribution < -0.4 is 0 Å². The van der Waals surface area contributed by atoms with Crippen molar-refractivity contribution < 1.29 is 18.3 Å². The molecule has 0 saturated carbocycles. The molecule has 1 nitrogen and oxygen atoms in total. The second kappa shape index (κ2) is 5.63. The Morgan fingerprint density at radius 3 is 2.47 bits per heavy atom. The molecule has 0 aliphatic rings. The highest BCUT2D eigenvalue weighted by atomic mass is 35.5. The fraction of sp³-hybridized carbons (Fsp3) is 0.143. The minimum absolute atomic E-state index is 0.00642. The summed E-state index contributed by atoms with van der Waals surface area (Å²) in [5, 5.41) is 10.1. The van der Waals surface area contributed by atoms with E-state index in [-0.39, 0.29) is 22.6 Å². The molecule has 0 radical (unpaired) electrons. The van der Waals surface area contributed by atoms with Gasteiger partial charge in [0.25, 0.3) is 0 Å². The highest BCUT2D eigenvalue weighted by molar-refractivity contribution is 6.30. The zero-order valence-electron chi connectivity index (χ0n) is 9.71. The lowest BCUT2D eigenvalue weighted by Gasteiger charge is -2.13. The SMILES string of the molecule is OC(Cc1cccc(F)c1F)c1ccc(Cl)cc1F. The maximum absolute atomic E-state index is 13.6. The molecular formula is C14H10ClF3O. The predicted octanol–water partition coefficient (Wildman–Crippen LogP) is 4.03. The van der Waals surface area contributed by atoms with Gasteiger partial charge in [-0.25, -0.2) is 13.2 Å². The molecule has 2 aromatic carbocycles. The van der Waals surface area contributed by atoms with Crippen LogP contribution >= 0.6 is 11.6 Å². The third-order valence-electron chi connectivity index (χ3n) is 2.77. The molecule has 0 amide bonds. The van der Waals surface area contributed by atoms with E-state index < -0.39 is 23.6 Å². The van der Waals surface area contributed by atoms with Gasteiger partial charge in [-0.3, -0.25) is 0 Å². The van der Waals surface area contributed by atoms with Crippen LogP contribution in [-0.2, 0) is 6.42 Å². The molecule has 2 aromatic rings. The monoisotopic (exact) mass is 286 g/mol. The quantitative estimate of drug-likeness (QED) is 0.903. The van der Waals surface area contributed by atoms with Gasteiger partial charge in [-0.15, -0.1) is 0 Å². The van der Waals surface area contributed by atoms with E-state index in [1.165, 1.54) is 24.3 Å². The van der Waals surface area contributed by atoms with Crippen molar-refractivity contribution in [1.82, 2.24) is 0 Å². The average molecular weight is 287 g/mol. The molecule has 0 bridgehead atoms. The normalized spacial score (nSPS) is 12.5. The summed E-state index contributed by atoms with van der Waals surface area (Å²) in [5.41, 5.74) is -0.0186. The molecule has 5 heteroatoms. The minimum Gasteiger partial charge on any atom is -0.388 e. The highest BCUT2D eigenvalue weighted by Crippen LogP contribution is 2.25. The molecule has 0 aromatic heterocycles. The van der Waals surface area contributed by atoms with Crippen molar-refractivity contribution in [3.8, 4) is 0 Å². The summed E-state index contributed by atoms with van der Waals surface area (Å²) < 4.78 is 40.0. The van der Waals surface area contributed by atoms with Gasteiger partial charge in [-0.1, -0.05) is 29.8 Å². The summed E-state index contributed by atoms with van der Waals surface area (Å²) in [4.78, 5) is 0. The van der Waals surface area contributed by atoms with Gasteiger partial charge in [0.15, 0.2) is 11.6 Å². The lowest BCUT2D eigenvalue weighted by Crippen LogP contribution is -2.06. The highest BCUT2D eigenvalue weighted by Gasteiger charge is 2.17. The second-order valence-corrected chi connectivity index (χ2v) is 4.54. The van der Waals surface area contributed by atoms with Crippen molar-refractivity contribution in [2.24, 2.45) is 0 Å². The smallest absolute Gasteiger partial charge is 0.162 e. The van der Waals surface area contributed by atoms with Crippen LogP contribution in [0.4, 0.5) is 13.2 Å². The van der Waals surface area contributed by atoms with Crippen molar-refractivity contribution >= 4 is 11.6 Å². The first-order valence-electron chi connectivity index (χ1n) is 5.55. The molecule has 1 N–H and O–H groups in total. The Morgan fingerprint density at radius 2 is 1.79 bits per heavy atom. The molecule has 0 heterocycles. The molecule has 0 aliphatic carbocycles. The molecule has 0 aliphatic heterocycles. The van der Waals surface area contributed by atoms with Gasteiger partial charge in [0.2, 0.25) is 0 Å². The van der Waals surface area contributed by atoms with E-state index in [1.54, 1.807) is 0 Å². The van der Waals surface area contributed by atoms with Crippen LogP contribution in [0.25, 0.3) is 0 Å². The van der Waals surface area contributed by atoms with Crippen molar-refractivity contribution in [1.29, 1.82) is 0 Å². The number of benzene rings is 2. The van der Waals surface area contributed by atoms with E-state index in [1.807, 2.05) is 0 Å². The van der Waals surface area contributed by atoms with Crippen LogP contribution in [0.5, 0.6) is 0 Å². The number of hydrogen-bond acceptors (Lipinski definition) is 1. The van der Waals surface area contributed by atoms with Crippen molar-refractivity contribution in [2.45, 2.75) is 12.5 Å². The fourth-order valence-corrected chi connectivity index (χ4v) is 1.95. The Bertz CT molecular complexity index is 601. The summed E-state index contributed by atoms with van der Waals surface area (Å²) >= 11 is 5.60. The second-order valence-electron chi connectivity index (χ2n) is 4.10. The summed E-state index contributed by atoms with van der Waals surface area (Å²) in [7, 11) is 0. The van der Waals surface area contributed by atoms with Crippen LogP contribution in [-0.4, -0.2) is 5.11 Å². The van der Waals surface area contributed by atoms with E-state index in [0.29, 0.717) is 0 Å². The van der Waals surface area contributed by atoms with Gasteiger partial charge in [0, 0.05) is 17.0 Å². The molecule has 0 spiro atoms. The van der Waals surface area contributed by atoms with E-state index in [2.05, 4.69) is 0 Å². The fourth-order valence-electron chi connectivity index (χ4n) is 1.80. The first-order chi connectivity index (χ1) is 8.99. The van der Waals surface area contributed by atoms with Crippen LogP contribution in [0.15, 0.2) is 36.4 Å². The third-order valence-corrected chi connectivity index (χ3v) is 3.00. The maximum Gasteiger partial charge on any atom is 0.162 e. The summed E-state index contributed by atoms with van der Waals surface area (Å²) in [6.07, 6.45) is -1.49. The van der Waals surface area contributed by atoms with Crippen LogP contribution in [0, 0.1) is 17.5 Å². The Hall–Kier alpha value is -1.52. The topological polar surface area (TPSA) is 20.2 Å². The first-order valence-corrected chi connectivity index (χ1v) is 5.92. The maximum atomic E-state index is 13.6. The van der Waals surface area contributed by atoms with Gasteiger partial charge in [-0.2, -0.15) is 0 Å². The van der Waals surface area contributed by atoms with Crippen LogP contribution in [0.2, 0.25) is 5.02 Å². The summed E-state index contributed by atoms with van der Waals surface area (Å²) in [6, 6.07) is 7.45. The van der Waals surface area contributed by atoms with Crippen molar-refractivity contribution in [3.05, 3.63) is 70.0 Å². The molecule has 100 valence electrons. The van der Waals surface area contributed by atoms with Crippen LogP contribution in [0.1, 0.15) is 17.2 Å². The Labute approximate surface area is 113 Å². The first kappa shape index (κ1) is 13.9. The lowest BCUT2D eigenvalue weighted by molar-refractivity contribution is 0.172. The van der Waals surface area contributed by atoms with Crippen molar-refractivity contribution in [2.75, 3.05) is 0 Å². The number of aliphatic hydroxyl groups is 1. The minimum atomic E-state index is -1.27. The van der Waals surface area contributed by atoms with E-state index in [9.17, 15) is 18.3 Å². The Balaban J connectivity index is 2.25. The van der Waals surface area contributed by atoms with Gasteiger partial charge in [-0.05, 0) is 23.8 Å². The number of rotatable bonds is 3. The molecule has 2 rings (SSSR count). The standard InChI is InChI=1S/C14H10ClF3O/c15-9-4-5-10(12(17)7-9)13(19)6-8-2-1-3-11(16)14(8)18/h1-5,7,13,19H,6H2. The number of halogens is 4. The van der Waals surface area contributed by atoms with Crippen molar-refractivity contribution in [3.63, 3.8) is 0 Å². The third kappa shape index (κ3) is 3.08.